The van der Waals surface area contributed by atoms with Gasteiger partial charge in [0.1, 0.15) is 11.3 Å². The summed E-state index contributed by atoms with van der Waals surface area (Å²) in [4.78, 5) is 42.2. The van der Waals surface area contributed by atoms with Crippen molar-refractivity contribution in [3.63, 3.8) is 0 Å². The fourth-order valence-corrected chi connectivity index (χ4v) is 4.84. The third-order valence-electron chi connectivity index (χ3n) is 6.43. The second-order valence-electron chi connectivity index (χ2n) is 8.69. The van der Waals surface area contributed by atoms with E-state index in [9.17, 15) is 19.5 Å². The molecule has 0 fully saturated rings. The smallest absolute Gasteiger partial charge is 0.335 e. The lowest BCUT2D eigenvalue weighted by Crippen LogP contribution is -2.29. The van der Waals surface area contributed by atoms with Crippen LogP contribution in [0.25, 0.3) is 5.65 Å². The first-order valence-corrected chi connectivity index (χ1v) is 11.7. The third kappa shape index (κ3) is 4.07. The number of hydrogen-bond acceptors (Lipinski definition) is 5. The summed E-state index contributed by atoms with van der Waals surface area (Å²) >= 11 is 6.16. The van der Waals surface area contributed by atoms with Gasteiger partial charge in [0.25, 0.3) is 11.8 Å². The van der Waals surface area contributed by atoms with Crippen LogP contribution in [0.1, 0.15) is 66.1 Å². The molecule has 3 N–H and O–H groups in total. The zero-order chi connectivity index (χ0) is 25.6. The number of anilines is 1. The summed E-state index contributed by atoms with van der Waals surface area (Å²) in [5.41, 5.74) is 4.55. The van der Waals surface area contributed by atoms with E-state index in [2.05, 4.69) is 20.7 Å². The molecule has 0 radical (unpaired) electrons. The summed E-state index contributed by atoms with van der Waals surface area (Å²) in [6.45, 7) is 3.53. The SMILES string of the molecule is Cc1cc(C(=O)N[C@H]2CCc3c2ccc(C(=O)O)c3C)n2ncc(C(=O)Nc3ccccc3Cl)c2n1. The van der Waals surface area contributed by atoms with Crippen LogP contribution in [0.3, 0.4) is 0 Å². The number of aromatic carboxylic acids is 1. The van der Waals surface area contributed by atoms with E-state index in [1.165, 1.54) is 10.7 Å². The van der Waals surface area contributed by atoms with Crippen LogP contribution in [0.15, 0.2) is 48.7 Å². The Kier molecular flexibility index (Phi) is 5.93. The van der Waals surface area contributed by atoms with Gasteiger partial charge in [-0.15, -0.1) is 0 Å². The van der Waals surface area contributed by atoms with Crippen molar-refractivity contribution >= 4 is 40.7 Å². The molecule has 1 aliphatic carbocycles. The second-order valence-corrected chi connectivity index (χ2v) is 9.09. The number of rotatable bonds is 5. The van der Waals surface area contributed by atoms with E-state index in [1.54, 1.807) is 56.3 Å². The molecule has 5 rings (SSSR count). The van der Waals surface area contributed by atoms with Crippen LogP contribution >= 0.6 is 11.6 Å². The van der Waals surface area contributed by atoms with Crippen molar-refractivity contribution in [3.8, 4) is 0 Å². The number of para-hydroxylation sites is 1. The number of fused-ring (bicyclic) bond motifs is 2. The Hall–Kier alpha value is -4.24. The average Bonchev–Trinajstić information content (AvgIpc) is 3.45. The highest BCUT2D eigenvalue weighted by Gasteiger charge is 2.29. The minimum Gasteiger partial charge on any atom is -0.478 e. The van der Waals surface area contributed by atoms with E-state index in [1.807, 2.05) is 0 Å². The first kappa shape index (κ1) is 23.5. The molecular weight excluding hydrogens is 482 g/mol. The third-order valence-corrected chi connectivity index (χ3v) is 6.76. The molecule has 10 heteroatoms. The molecule has 0 spiro atoms. The van der Waals surface area contributed by atoms with Crippen LogP contribution < -0.4 is 10.6 Å². The minimum atomic E-state index is -0.967. The van der Waals surface area contributed by atoms with Gasteiger partial charge in [0.2, 0.25) is 0 Å². The Morgan fingerprint density at radius 2 is 1.86 bits per heavy atom. The monoisotopic (exact) mass is 503 g/mol. The summed E-state index contributed by atoms with van der Waals surface area (Å²) in [6, 6.07) is 11.6. The lowest BCUT2D eigenvalue weighted by Gasteiger charge is -2.16. The van der Waals surface area contributed by atoms with Crippen molar-refractivity contribution < 1.29 is 19.5 Å². The molecule has 0 saturated heterocycles. The summed E-state index contributed by atoms with van der Waals surface area (Å²) in [7, 11) is 0. The van der Waals surface area contributed by atoms with E-state index >= 15 is 0 Å². The summed E-state index contributed by atoms with van der Waals surface area (Å²) in [5, 5.41) is 19.9. The Bertz CT molecular complexity index is 1560. The standard InChI is InChI=1S/C26H22ClN5O4/c1-13-11-22(25(34)30-20-10-9-15-14(2)16(26(35)36)7-8-17(15)20)32-23(29-13)18(12-28-32)24(33)31-21-6-4-3-5-19(21)27/h3-8,11-12,20H,9-10H2,1-2H3,(H,30,34)(H,31,33)(H,35,36)/t20-/m0/s1. The quantitative estimate of drug-likeness (QED) is 0.371. The molecule has 1 atom stereocenters. The maximum absolute atomic E-state index is 13.3. The van der Waals surface area contributed by atoms with Gasteiger partial charge in [0.15, 0.2) is 5.65 Å². The lowest BCUT2D eigenvalue weighted by atomic mass is 9.98. The molecule has 182 valence electrons. The van der Waals surface area contributed by atoms with Crippen molar-refractivity contribution in [2.45, 2.75) is 32.7 Å². The molecule has 1 aliphatic rings. The predicted molar refractivity (Wildman–Crippen MR) is 134 cm³/mol. The number of aromatic nitrogens is 3. The molecule has 2 aromatic heterocycles. The molecule has 2 amide bonds. The molecule has 2 aromatic carbocycles. The number of carboxylic acids is 1. The highest BCUT2D eigenvalue weighted by Crippen LogP contribution is 2.35. The number of carbonyl (C=O) groups excluding carboxylic acids is 2. The van der Waals surface area contributed by atoms with Gasteiger partial charge in [-0.2, -0.15) is 5.10 Å². The molecule has 0 unspecified atom stereocenters. The number of carboxylic acid groups (broad SMARTS) is 1. The molecule has 0 bridgehead atoms. The minimum absolute atomic E-state index is 0.204. The lowest BCUT2D eigenvalue weighted by molar-refractivity contribution is 0.0695. The number of carbonyl (C=O) groups is 3. The first-order valence-electron chi connectivity index (χ1n) is 11.3. The number of nitrogens with zero attached hydrogens (tertiary/aromatic N) is 3. The number of hydrogen-bond donors (Lipinski definition) is 3. The molecule has 36 heavy (non-hydrogen) atoms. The highest BCUT2D eigenvalue weighted by molar-refractivity contribution is 6.34. The normalized spacial score (nSPS) is 14.5. The fourth-order valence-electron chi connectivity index (χ4n) is 4.65. The van der Waals surface area contributed by atoms with Crippen LogP contribution in [0.4, 0.5) is 5.69 Å². The van der Waals surface area contributed by atoms with E-state index in [0.717, 1.165) is 16.7 Å². The fraction of sp³-hybridized carbons (Fsp3) is 0.192. The predicted octanol–water partition coefficient (Wildman–Crippen LogP) is 4.37. The largest absolute Gasteiger partial charge is 0.478 e. The van der Waals surface area contributed by atoms with Crippen LogP contribution in [0, 0.1) is 13.8 Å². The van der Waals surface area contributed by atoms with Gasteiger partial charge in [-0.25, -0.2) is 14.3 Å². The molecule has 4 aromatic rings. The number of aryl methyl sites for hydroxylation is 1. The first-order chi connectivity index (χ1) is 17.2. The maximum Gasteiger partial charge on any atom is 0.335 e. The maximum atomic E-state index is 13.3. The van der Waals surface area contributed by atoms with Crippen molar-refractivity contribution in [3.05, 3.63) is 92.9 Å². The Labute approximate surface area is 211 Å². The van der Waals surface area contributed by atoms with Crippen molar-refractivity contribution in [2.75, 3.05) is 5.32 Å². The van der Waals surface area contributed by atoms with Gasteiger partial charge in [-0.3, -0.25) is 9.59 Å². The van der Waals surface area contributed by atoms with E-state index in [4.69, 9.17) is 11.6 Å². The number of halogens is 1. The summed E-state index contributed by atoms with van der Waals surface area (Å²) in [5.74, 6) is -1.79. The van der Waals surface area contributed by atoms with Gasteiger partial charge in [-0.1, -0.05) is 29.8 Å². The Balaban J connectivity index is 1.44. The van der Waals surface area contributed by atoms with Crippen LogP contribution in [0.2, 0.25) is 5.02 Å². The molecule has 0 saturated carbocycles. The zero-order valence-electron chi connectivity index (χ0n) is 19.5. The molecule has 9 nitrogen and oxygen atoms in total. The highest BCUT2D eigenvalue weighted by atomic mass is 35.5. The topological polar surface area (TPSA) is 126 Å². The molecule has 2 heterocycles. The van der Waals surface area contributed by atoms with Gasteiger partial charge in [0, 0.05) is 5.69 Å². The molecule has 0 aliphatic heterocycles. The van der Waals surface area contributed by atoms with E-state index < -0.39 is 11.9 Å². The van der Waals surface area contributed by atoms with Crippen LogP contribution in [-0.2, 0) is 6.42 Å². The van der Waals surface area contributed by atoms with Crippen molar-refractivity contribution in [1.29, 1.82) is 0 Å². The Morgan fingerprint density at radius 1 is 1.08 bits per heavy atom. The molecular formula is C26H22ClN5O4. The number of nitrogens with one attached hydrogen (secondary N) is 2. The van der Waals surface area contributed by atoms with Gasteiger partial charge in [0.05, 0.1) is 28.5 Å². The van der Waals surface area contributed by atoms with Crippen LogP contribution in [-0.4, -0.2) is 37.5 Å². The van der Waals surface area contributed by atoms with E-state index in [-0.39, 0.29) is 34.4 Å². The van der Waals surface area contributed by atoms with Gasteiger partial charge >= 0.3 is 5.97 Å². The summed E-state index contributed by atoms with van der Waals surface area (Å²) < 4.78 is 1.35. The van der Waals surface area contributed by atoms with E-state index in [0.29, 0.717) is 29.2 Å². The number of amides is 2. The van der Waals surface area contributed by atoms with Gasteiger partial charge < -0.3 is 15.7 Å². The van der Waals surface area contributed by atoms with Crippen molar-refractivity contribution in [1.82, 2.24) is 19.9 Å². The average molecular weight is 504 g/mol. The Morgan fingerprint density at radius 3 is 2.61 bits per heavy atom. The summed E-state index contributed by atoms with van der Waals surface area (Å²) in [6.07, 6.45) is 2.70. The second kappa shape index (κ2) is 9.09. The van der Waals surface area contributed by atoms with Crippen molar-refractivity contribution in [2.24, 2.45) is 0 Å². The number of benzene rings is 2. The van der Waals surface area contributed by atoms with Gasteiger partial charge in [-0.05, 0) is 67.6 Å². The zero-order valence-corrected chi connectivity index (χ0v) is 20.3. The van der Waals surface area contributed by atoms with Crippen LogP contribution in [0.5, 0.6) is 0 Å².